The van der Waals surface area contributed by atoms with Crippen molar-refractivity contribution in [2.24, 2.45) is 5.73 Å². The van der Waals surface area contributed by atoms with E-state index in [-0.39, 0.29) is 23.9 Å². The molecule has 0 radical (unpaired) electrons. The fourth-order valence-electron chi connectivity index (χ4n) is 3.56. The van der Waals surface area contributed by atoms with Crippen LogP contribution in [0.2, 0.25) is 0 Å². The lowest BCUT2D eigenvalue weighted by atomic mass is 9.97. The number of hydrogen-bond donors (Lipinski definition) is 2. The monoisotopic (exact) mass is 376 g/mol. The minimum absolute atomic E-state index is 0.0106. The Balaban J connectivity index is 1.68. The number of aromatic nitrogens is 2. The standard InChI is InChI=1S/C19H28N4O2S/c1-2-3-6-13(11-20)22-16(24)9-10-23-12-21-18-17(19(23)25)14-7-4-5-8-15(14)26-18/h12-13H,2-11,20H2,1H3,(H,22,24). The zero-order chi connectivity index (χ0) is 18.5. The van der Waals surface area contributed by atoms with Crippen LogP contribution in [0.4, 0.5) is 0 Å². The topological polar surface area (TPSA) is 90.0 Å². The molecule has 0 saturated heterocycles. The molecule has 1 amide bonds. The zero-order valence-electron chi connectivity index (χ0n) is 15.4. The van der Waals surface area contributed by atoms with Gasteiger partial charge in [-0.15, -0.1) is 11.3 Å². The predicted molar refractivity (Wildman–Crippen MR) is 106 cm³/mol. The molecule has 3 rings (SSSR count). The van der Waals surface area contributed by atoms with Crippen LogP contribution in [0.15, 0.2) is 11.1 Å². The van der Waals surface area contributed by atoms with Gasteiger partial charge in [0.1, 0.15) is 4.83 Å². The minimum atomic E-state index is -0.0594. The Morgan fingerprint density at radius 1 is 1.42 bits per heavy atom. The summed E-state index contributed by atoms with van der Waals surface area (Å²) in [6.07, 6.45) is 9.21. The largest absolute Gasteiger partial charge is 0.352 e. The van der Waals surface area contributed by atoms with Gasteiger partial charge in [0.25, 0.3) is 5.56 Å². The van der Waals surface area contributed by atoms with Crippen molar-refractivity contribution in [3.8, 4) is 0 Å². The summed E-state index contributed by atoms with van der Waals surface area (Å²) in [7, 11) is 0. The van der Waals surface area contributed by atoms with Crippen LogP contribution < -0.4 is 16.6 Å². The van der Waals surface area contributed by atoms with Gasteiger partial charge >= 0.3 is 0 Å². The highest BCUT2D eigenvalue weighted by Gasteiger charge is 2.20. The summed E-state index contributed by atoms with van der Waals surface area (Å²) >= 11 is 1.65. The van der Waals surface area contributed by atoms with Gasteiger partial charge in [-0.2, -0.15) is 0 Å². The predicted octanol–water partition coefficient (Wildman–Crippen LogP) is 2.36. The van der Waals surface area contributed by atoms with E-state index in [0.717, 1.165) is 48.7 Å². The first kappa shape index (κ1) is 19.0. The number of fused-ring (bicyclic) bond motifs is 3. The number of carbonyl (C=O) groups excluding carboxylic acids is 1. The van der Waals surface area contributed by atoms with Gasteiger partial charge in [-0.25, -0.2) is 4.98 Å². The van der Waals surface area contributed by atoms with Gasteiger partial charge in [0.2, 0.25) is 5.91 Å². The summed E-state index contributed by atoms with van der Waals surface area (Å²) in [5.74, 6) is -0.0594. The molecule has 3 N–H and O–H groups in total. The lowest BCUT2D eigenvalue weighted by Gasteiger charge is -2.16. The second kappa shape index (κ2) is 8.77. The van der Waals surface area contributed by atoms with Crippen molar-refractivity contribution in [2.75, 3.05) is 6.54 Å². The molecule has 142 valence electrons. The van der Waals surface area contributed by atoms with Crippen molar-refractivity contribution in [1.29, 1.82) is 0 Å². The van der Waals surface area contributed by atoms with Crippen LogP contribution >= 0.6 is 11.3 Å². The Bertz CT molecular complexity index is 827. The highest BCUT2D eigenvalue weighted by Crippen LogP contribution is 2.33. The Kier molecular flexibility index (Phi) is 6.43. The van der Waals surface area contributed by atoms with E-state index in [1.807, 2.05) is 0 Å². The number of nitrogens with zero attached hydrogens (tertiary/aromatic N) is 2. The van der Waals surface area contributed by atoms with E-state index in [1.54, 1.807) is 22.2 Å². The number of nitrogens with two attached hydrogens (primary N) is 1. The third-order valence-corrected chi connectivity index (χ3v) is 6.28. The molecule has 1 atom stereocenters. The van der Waals surface area contributed by atoms with Gasteiger partial charge in [-0.1, -0.05) is 19.8 Å². The molecule has 0 spiro atoms. The summed E-state index contributed by atoms with van der Waals surface area (Å²) in [5.41, 5.74) is 6.91. The van der Waals surface area contributed by atoms with Crippen molar-refractivity contribution in [2.45, 2.75) is 70.9 Å². The van der Waals surface area contributed by atoms with E-state index in [4.69, 9.17) is 5.73 Å². The zero-order valence-corrected chi connectivity index (χ0v) is 16.2. The summed E-state index contributed by atoms with van der Waals surface area (Å²) in [5, 5.41) is 3.75. The molecular weight excluding hydrogens is 348 g/mol. The summed E-state index contributed by atoms with van der Waals surface area (Å²) in [6, 6.07) is 0.0173. The second-order valence-corrected chi connectivity index (χ2v) is 8.11. The maximum absolute atomic E-state index is 12.9. The fourth-order valence-corrected chi connectivity index (χ4v) is 4.78. The first-order valence-corrected chi connectivity index (χ1v) is 10.4. The molecule has 2 heterocycles. The molecule has 1 aliphatic rings. The quantitative estimate of drug-likeness (QED) is 0.740. The second-order valence-electron chi connectivity index (χ2n) is 7.03. The SMILES string of the molecule is CCCCC(CN)NC(=O)CCn1cnc2sc3c(c2c1=O)CCCC3. The highest BCUT2D eigenvalue weighted by molar-refractivity contribution is 7.18. The lowest BCUT2D eigenvalue weighted by molar-refractivity contribution is -0.122. The van der Waals surface area contributed by atoms with Crippen molar-refractivity contribution in [1.82, 2.24) is 14.9 Å². The number of thiophene rings is 1. The molecule has 0 saturated carbocycles. The van der Waals surface area contributed by atoms with Gasteiger partial charge in [0.15, 0.2) is 0 Å². The molecular formula is C19H28N4O2S. The van der Waals surface area contributed by atoms with Crippen molar-refractivity contribution in [3.63, 3.8) is 0 Å². The number of aryl methyl sites for hydroxylation is 3. The van der Waals surface area contributed by atoms with Crippen LogP contribution in [-0.2, 0) is 24.2 Å². The molecule has 6 nitrogen and oxygen atoms in total. The number of unbranched alkanes of at least 4 members (excludes halogenated alkanes) is 1. The van der Waals surface area contributed by atoms with E-state index >= 15 is 0 Å². The van der Waals surface area contributed by atoms with Gasteiger partial charge < -0.3 is 11.1 Å². The average molecular weight is 377 g/mol. The van der Waals surface area contributed by atoms with Crippen LogP contribution in [0.3, 0.4) is 0 Å². The van der Waals surface area contributed by atoms with Gasteiger partial charge in [-0.3, -0.25) is 14.2 Å². The van der Waals surface area contributed by atoms with Gasteiger partial charge in [-0.05, 0) is 37.7 Å². The van der Waals surface area contributed by atoms with E-state index in [0.29, 0.717) is 13.1 Å². The van der Waals surface area contributed by atoms with E-state index in [1.165, 1.54) is 16.9 Å². The lowest BCUT2D eigenvalue weighted by Crippen LogP contribution is -2.40. The molecule has 0 bridgehead atoms. The van der Waals surface area contributed by atoms with Crippen molar-refractivity contribution >= 4 is 27.5 Å². The van der Waals surface area contributed by atoms with E-state index in [9.17, 15) is 9.59 Å². The van der Waals surface area contributed by atoms with Crippen LogP contribution in [0.25, 0.3) is 10.2 Å². The van der Waals surface area contributed by atoms with Gasteiger partial charge in [0, 0.05) is 30.4 Å². The first-order valence-electron chi connectivity index (χ1n) is 9.63. The Hall–Kier alpha value is -1.73. The van der Waals surface area contributed by atoms with E-state index in [2.05, 4.69) is 17.2 Å². The van der Waals surface area contributed by atoms with Crippen LogP contribution in [-0.4, -0.2) is 28.0 Å². The normalized spacial score (nSPS) is 15.0. The molecule has 0 fully saturated rings. The summed E-state index contributed by atoms with van der Waals surface area (Å²) in [4.78, 5) is 31.7. The fraction of sp³-hybridized carbons (Fsp3) is 0.632. The maximum atomic E-state index is 12.9. The first-order chi connectivity index (χ1) is 12.6. The molecule has 7 heteroatoms. The van der Waals surface area contributed by atoms with Crippen molar-refractivity contribution < 1.29 is 4.79 Å². The molecule has 1 aliphatic carbocycles. The number of nitrogens with one attached hydrogen (secondary N) is 1. The van der Waals surface area contributed by atoms with E-state index < -0.39 is 0 Å². The minimum Gasteiger partial charge on any atom is -0.352 e. The highest BCUT2D eigenvalue weighted by atomic mass is 32.1. The van der Waals surface area contributed by atoms with Crippen LogP contribution in [0, 0.1) is 0 Å². The number of rotatable bonds is 8. The number of amides is 1. The molecule has 0 aliphatic heterocycles. The Labute approximate surface area is 157 Å². The summed E-state index contributed by atoms with van der Waals surface area (Å²) < 4.78 is 1.58. The molecule has 0 aromatic carbocycles. The molecule has 26 heavy (non-hydrogen) atoms. The Morgan fingerprint density at radius 2 is 2.23 bits per heavy atom. The number of hydrogen-bond acceptors (Lipinski definition) is 5. The number of carbonyl (C=O) groups is 1. The third-order valence-electron chi connectivity index (χ3n) is 5.08. The Morgan fingerprint density at radius 3 is 3.00 bits per heavy atom. The third kappa shape index (κ3) is 4.15. The molecule has 2 aromatic heterocycles. The van der Waals surface area contributed by atoms with Gasteiger partial charge in [0.05, 0.1) is 11.7 Å². The average Bonchev–Trinajstić information content (AvgIpc) is 3.03. The van der Waals surface area contributed by atoms with Crippen LogP contribution in [0.1, 0.15) is 55.9 Å². The molecule has 2 aromatic rings. The summed E-state index contributed by atoms with van der Waals surface area (Å²) in [6.45, 7) is 2.91. The van der Waals surface area contributed by atoms with Crippen molar-refractivity contribution in [3.05, 3.63) is 27.1 Å². The maximum Gasteiger partial charge on any atom is 0.262 e. The molecule has 1 unspecified atom stereocenters. The smallest absolute Gasteiger partial charge is 0.262 e. The van der Waals surface area contributed by atoms with Crippen LogP contribution in [0.5, 0.6) is 0 Å².